The number of hydrogen-bond donors (Lipinski definition) is 3. The molecular formula is C16H23N5O2S. The summed E-state index contributed by atoms with van der Waals surface area (Å²) in [4.78, 5) is 24.1. The molecular weight excluding hydrogens is 326 g/mol. The van der Waals surface area contributed by atoms with Crippen LogP contribution in [0.1, 0.15) is 48.0 Å². The SMILES string of the molecule is CCCCc1nc(N2CCC(O)CC2)nc2sc(C(N)=O)c(N)c12. The molecule has 2 aromatic rings. The molecule has 3 rings (SSSR count). The molecule has 130 valence electrons. The number of anilines is 2. The van der Waals surface area contributed by atoms with Crippen LogP contribution < -0.4 is 16.4 Å². The third-order valence-corrected chi connectivity index (χ3v) is 5.50. The summed E-state index contributed by atoms with van der Waals surface area (Å²) in [7, 11) is 0. The van der Waals surface area contributed by atoms with Crippen molar-refractivity contribution in [3.63, 3.8) is 0 Å². The predicted molar refractivity (Wildman–Crippen MR) is 96.4 cm³/mol. The smallest absolute Gasteiger partial charge is 0.260 e. The van der Waals surface area contributed by atoms with Crippen molar-refractivity contribution in [3.8, 4) is 0 Å². The quantitative estimate of drug-likeness (QED) is 0.756. The number of aromatic nitrogens is 2. The van der Waals surface area contributed by atoms with Crippen LogP contribution in [0.4, 0.5) is 11.6 Å². The molecule has 1 fully saturated rings. The number of unbranched alkanes of at least 4 members (excludes halogenated alkanes) is 1. The molecule has 0 bridgehead atoms. The minimum atomic E-state index is -0.528. The summed E-state index contributed by atoms with van der Waals surface area (Å²) in [6.45, 7) is 3.57. The van der Waals surface area contributed by atoms with Crippen LogP contribution in [0.25, 0.3) is 10.2 Å². The number of nitrogens with two attached hydrogens (primary N) is 2. The summed E-state index contributed by atoms with van der Waals surface area (Å²) in [5.74, 6) is 0.123. The van der Waals surface area contributed by atoms with Gasteiger partial charge in [-0.3, -0.25) is 4.79 Å². The number of nitrogen functional groups attached to an aromatic ring is 1. The topological polar surface area (TPSA) is 118 Å². The normalized spacial score (nSPS) is 16.0. The van der Waals surface area contributed by atoms with E-state index >= 15 is 0 Å². The monoisotopic (exact) mass is 349 g/mol. The zero-order valence-corrected chi connectivity index (χ0v) is 14.6. The second-order valence-corrected chi connectivity index (χ2v) is 7.18. The van der Waals surface area contributed by atoms with Gasteiger partial charge in [0.2, 0.25) is 5.95 Å². The Labute approximate surface area is 144 Å². The number of aryl methyl sites for hydroxylation is 1. The van der Waals surface area contributed by atoms with Crippen LogP contribution in [-0.4, -0.2) is 40.2 Å². The molecule has 0 aliphatic carbocycles. The second kappa shape index (κ2) is 6.90. The number of aliphatic hydroxyl groups excluding tert-OH is 1. The maximum Gasteiger partial charge on any atom is 0.260 e. The molecule has 0 atom stereocenters. The highest BCUT2D eigenvalue weighted by Crippen LogP contribution is 2.36. The summed E-state index contributed by atoms with van der Waals surface area (Å²) in [5, 5.41) is 10.5. The van der Waals surface area contributed by atoms with E-state index in [0.717, 1.165) is 43.4 Å². The van der Waals surface area contributed by atoms with Crippen LogP contribution in [0, 0.1) is 0 Å². The zero-order chi connectivity index (χ0) is 17.3. The number of thiophene rings is 1. The average Bonchev–Trinajstić information content (AvgIpc) is 2.90. The second-order valence-electron chi connectivity index (χ2n) is 6.18. The van der Waals surface area contributed by atoms with Gasteiger partial charge >= 0.3 is 0 Å². The Morgan fingerprint density at radius 1 is 1.38 bits per heavy atom. The van der Waals surface area contributed by atoms with E-state index in [1.54, 1.807) is 0 Å². The van der Waals surface area contributed by atoms with Gasteiger partial charge in [-0.2, -0.15) is 0 Å². The highest BCUT2D eigenvalue weighted by atomic mass is 32.1. The van der Waals surface area contributed by atoms with Crippen molar-refractivity contribution in [3.05, 3.63) is 10.6 Å². The first kappa shape index (κ1) is 16.9. The minimum absolute atomic E-state index is 0.247. The first-order valence-electron chi connectivity index (χ1n) is 8.33. The van der Waals surface area contributed by atoms with Gasteiger partial charge in [-0.05, 0) is 25.7 Å². The van der Waals surface area contributed by atoms with Gasteiger partial charge in [-0.1, -0.05) is 13.3 Å². The fourth-order valence-corrected chi connectivity index (χ4v) is 3.96. The number of piperidine rings is 1. The van der Waals surface area contributed by atoms with E-state index < -0.39 is 5.91 Å². The molecule has 3 heterocycles. The average molecular weight is 349 g/mol. The summed E-state index contributed by atoms with van der Waals surface area (Å²) < 4.78 is 0. The number of amides is 1. The molecule has 0 aromatic carbocycles. The third-order valence-electron chi connectivity index (χ3n) is 4.39. The molecule has 1 aliphatic rings. The Hall–Kier alpha value is -1.93. The van der Waals surface area contributed by atoms with Crippen molar-refractivity contribution < 1.29 is 9.90 Å². The molecule has 5 N–H and O–H groups in total. The standard InChI is InChI=1S/C16H23N5O2S/c1-2-3-4-10-11-12(17)13(14(18)23)24-15(11)20-16(19-10)21-7-5-9(22)6-8-21/h9,22H,2-8,17H2,1H3,(H2,18,23). The molecule has 24 heavy (non-hydrogen) atoms. The molecule has 0 spiro atoms. The number of hydrogen-bond acceptors (Lipinski definition) is 7. The fourth-order valence-electron chi connectivity index (χ4n) is 3.00. The van der Waals surface area contributed by atoms with Crippen LogP contribution in [0.5, 0.6) is 0 Å². The maximum atomic E-state index is 11.6. The molecule has 1 saturated heterocycles. The summed E-state index contributed by atoms with van der Waals surface area (Å²) in [6, 6.07) is 0. The number of carbonyl (C=O) groups is 1. The molecule has 0 radical (unpaired) electrons. The van der Waals surface area contributed by atoms with Crippen molar-refractivity contribution in [2.45, 2.75) is 45.1 Å². The molecule has 2 aromatic heterocycles. The van der Waals surface area contributed by atoms with E-state index in [4.69, 9.17) is 16.5 Å². The molecule has 1 amide bonds. The molecule has 7 nitrogen and oxygen atoms in total. The van der Waals surface area contributed by atoms with Crippen molar-refractivity contribution >= 4 is 39.1 Å². The number of nitrogens with zero attached hydrogens (tertiary/aromatic N) is 3. The number of fused-ring (bicyclic) bond motifs is 1. The van der Waals surface area contributed by atoms with E-state index in [1.165, 1.54) is 11.3 Å². The fraction of sp³-hybridized carbons (Fsp3) is 0.562. The van der Waals surface area contributed by atoms with Gasteiger partial charge in [-0.25, -0.2) is 9.97 Å². The Morgan fingerprint density at radius 2 is 2.08 bits per heavy atom. The number of rotatable bonds is 5. The minimum Gasteiger partial charge on any atom is -0.397 e. The zero-order valence-electron chi connectivity index (χ0n) is 13.8. The summed E-state index contributed by atoms with van der Waals surface area (Å²) in [5.41, 5.74) is 12.8. The Bertz CT molecular complexity index is 752. The number of carbonyl (C=O) groups excluding carboxylic acids is 1. The third kappa shape index (κ3) is 3.16. The van der Waals surface area contributed by atoms with Crippen molar-refractivity contribution in [2.24, 2.45) is 5.73 Å². The first-order chi connectivity index (χ1) is 11.5. The number of aliphatic hydroxyl groups is 1. The summed E-state index contributed by atoms with van der Waals surface area (Å²) >= 11 is 1.23. The lowest BCUT2D eigenvalue weighted by Gasteiger charge is -2.29. The van der Waals surface area contributed by atoms with Crippen LogP contribution in [0.15, 0.2) is 0 Å². The first-order valence-corrected chi connectivity index (χ1v) is 9.14. The van der Waals surface area contributed by atoms with Crippen LogP contribution in [0.2, 0.25) is 0 Å². The summed E-state index contributed by atoms with van der Waals surface area (Å²) in [6.07, 6.45) is 4.01. The number of primary amides is 1. The van der Waals surface area contributed by atoms with E-state index in [0.29, 0.717) is 34.2 Å². The lowest BCUT2D eigenvalue weighted by Crippen LogP contribution is -2.37. The van der Waals surface area contributed by atoms with Gasteiger partial charge in [0.05, 0.1) is 22.9 Å². The van der Waals surface area contributed by atoms with Gasteiger partial charge in [0.15, 0.2) is 0 Å². The highest BCUT2D eigenvalue weighted by Gasteiger charge is 2.23. The molecule has 0 unspecified atom stereocenters. The Kier molecular flexibility index (Phi) is 4.86. The van der Waals surface area contributed by atoms with Crippen LogP contribution >= 0.6 is 11.3 Å². The van der Waals surface area contributed by atoms with E-state index in [-0.39, 0.29) is 6.10 Å². The van der Waals surface area contributed by atoms with Crippen molar-refractivity contribution in [1.29, 1.82) is 0 Å². The van der Waals surface area contributed by atoms with Gasteiger partial charge in [0.25, 0.3) is 5.91 Å². The van der Waals surface area contributed by atoms with Crippen molar-refractivity contribution in [2.75, 3.05) is 23.7 Å². The molecule has 8 heteroatoms. The van der Waals surface area contributed by atoms with Crippen molar-refractivity contribution in [1.82, 2.24) is 9.97 Å². The van der Waals surface area contributed by atoms with Gasteiger partial charge in [0, 0.05) is 13.1 Å². The predicted octanol–water partition coefficient (Wildman–Crippen LogP) is 1.68. The maximum absolute atomic E-state index is 11.6. The van der Waals surface area contributed by atoms with Crippen LogP contribution in [0.3, 0.4) is 0 Å². The van der Waals surface area contributed by atoms with E-state index in [9.17, 15) is 9.90 Å². The molecule has 0 saturated carbocycles. The Balaban J connectivity index is 2.06. The largest absolute Gasteiger partial charge is 0.397 e. The molecule has 1 aliphatic heterocycles. The lowest BCUT2D eigenvalue weighted by atomic mass is 10.1. The van der Waals surface area contributed by atoms with E-state index in [1.807, 2.05) is 0 Å². The van der Waals surface area contributed by atoms with Gasteiger partial charge in [0.1, 0.15) is 9.71 Å². The Morgan fingerprint density at radius 3 is 2.71 bits per heavy atom. The van der Waals surface area contributed by atoms with Gasteiger partial charge in [-0.15, -0.1) is 11.3 Å². The highest BCUT2D eigenvalue weighted by molar-refractivity contribution is 7.21. The van der Waals surface area contributed by atoms with Crippen LogP contribution in [-0.2, 0) is 6.42 Å². The van der Waals surface area contributed by atoms with E-state index in [2.05, 4.69) is 16.8 Å². The van der Waals surface area contributed by atoms with Gasteiger partial charge < -0.3 is 21.5 Å². The lowest BCUT2D eigenvalue weighted by molar-refractivity contribution is 0.100.